The van der Waals surface area contributed by atoms with Gasteiger partial charge in [0, 0.05) is 0 Å². The second kappa shape index (κ2) is 3.53. The number of hydrogen-bond acceptors (Lipinski definition) is 2. The van der Waals surface area contributed by atoms with Crippen LogP contribution in [0.3, 0.4) is 0 Å². The number of rotatable bonds is 2. The number of hydrogen-bond donors (Lipinski definition) is 0. The third-order valence-electron chi connectivity index (χ3n) is 3.75. The van der Waals surface area contributed by atoms with Crippen molar-refractivity contribution in [2.45, 2.75) is 65.5 Å². The van der Waals surface area contributed by atoms with Crippen LogP contribution in [0.5, 0.6) is 0 Å². The highest BCUT2D eigenvalue weighted by atomic mass is 16.7. The van der Waals surface area contributed by atoms with Crippen molar-refractivity contribution in [2.24, 2.45) is 5.92 Å². The molecular formula is C11H23BO2. The van der Waals surface area contributed by atoms with E-state index in [0.29, 0.717) is 11.7 Å². The van der Waals surface area contributed by atoms with Gasteiger partial charge in [0.2, 0.25) is 0 Å². The quantitative estimate of drug-likeness (QED) is 0.634. The molecule has 82 valence electrons. The molecule has 1 fully saturated rings. The lowest BCUT2D eigenvalue weighted by molar-refractivity contribution is 0.00578. The summed E-state index contributed by atoms with van der Waals surface area (Å²) in [5.41, 5.74) is -0.387. The van der Waals surface area contributed by atoms with Crippen LogP contribution in [-0.4, -0.2) is 18.3 Å². The van der Waals surface area contributed by atoms with Gasteiger partial charge in [0.05, 0.1) is 11.2 Å². The summed E-state index contributed by atoms with van der Waals surface area (Å²) in [6, 6.07) is 0. The van der Waals surface area contributed by atoms with Gasteiger partial charge in [0.15, 0.2) is 0 Å². The van der Waals surface area contributed by atoms with Gasteiger partial charge in [-0.25, -0.2) is 0 Å². The zero-order valence-corrected chi connectivity index (χ0v) is 10.5. The Kier molecular flexibility index (Phi) is 3.04. The molecule has 0 aliphatic carbocycles. The molecule has 1 aliphatic rings. The highest BCUT2D eigenvalue weighted by molar-refractivity contribution is 6.47. The maximum Gasteiger partial charge on any atom is 0.461 e. The SMILES string of the molecule is CC(C)[C@H](C)B1OC(C)(C)C(C)(C)O1. The molecule has 0 radical (unpaired) electrons. The van der Waals surface area contributed by atoms with E-state index in [1.54, 1.807) is 0 Å². The topological polar surface area (TPSA) is 18.5 Å². The third kappa shape index (κ3) is 1.99. The predicted octanol–water partition coefficient (Wildman–Crippen LogP) is 3.12. The van der Waals surface area contributed by atoms with E-state index in [0.717, 1.165) is 0 Å². The van der Waals surface area contributed by atoms with Gasteiger partial charge in [0.1, 0.15) is 0 Å². The Hall–Kier alpha value is -0.0151. The van der Waals surface area contributed by atoms with Crippen LogP contribution in [-0.2, 0) is 9.31 Å². The first-order valence-electron chi connectivity index (χ1n) is 5.53. The monoisotopic (exact) mass is 198 g/mol. The molecule has 1 rings (SSSR count). The van der Waals surface area contributed by atoms with Crippen LogP contribution in [0.4, 0.5) is 0 Å². The Bertz CT molecular complexity index is 195. The van der Waals surface area contributed by atoms with Crippen molar-refractivity contribution in [3.63, 3.8) is 0 Å². The molecule has 0 aromatic heterocycles. The van der Waals surface area contributed by atoms with E-state index < -0.39 is 0 Å². The molecule has 2 nitrogen and oxygen atoms in total. The predicted molar refractivity (Wildman–Crippen MR) is 60.3 cm³/mol. The van der Waals surface area contributed by atoms with Crippen LogP contribution < -0.4 is 0 Å². The second-order valence-corrected chi connectivity index (χ2v) is 5.73. The fraction of sp³-hybridized carbons (Fsp3) is 1.00. The van der Waals surface area contributed by atoms with Gasteiger partial charge in [0.25, 0.3) is 0 Å². The Labute approximate surface area is 88.5 Å². The molecule has 0 spiro atoms. The highest BCUT2D eigenvalue weighted by Crippen LogP contribution is 2.41. The summed E-state index contributed by atoms with van der Waals surface area (Å²) in [5, 5.41) is 0. The van der Waals surface area contributed by atoms with Gasteiger partial charge < -0.3 is 9.31 Å². The van der Waals surface area contributed by atoms with Crippen molar-refractivity contribution in [1.29, 1.82) is 0 Å². The second-order valence-electron chi connectivity index (χ2n) is 5.73. The molecule has 0 bridgehead atoms. The largest absolute Gasteiger partial charge is 0.461 e. The third-order valence-corrected chi connectivity index (χ3v) is 3.75. The van der Waals surface area contributed by atoms with Crippen LogP contribution in [0, 0.1) is 5.92 Å². The van der Waals surface area contributed by atoms with E-state index >= 15 is 0 Å². The summed E-state index contributed by atoms with van der Waals surface area (Å²) < 4.78 is 11.9. The standard InChI is InChI=1S/C11H23BO2/c1-8(2)9(3)12-13-10(4,5)11(6,7)14-12/h8-9H,1-7H3/t9-/m0/s1. The average molecular weight is 198 g/mol. The molecule has 0 amide bonds. The highest BCUT2D eigenvalue weighted by Gasteiger charge is 2.53. The van der Waals surface area contributed by atoms with Gasteiger partial charge in [-0.15, -0.1) is 0 Å². The Morgan fingerprint density at radius 1 is 0.857 bits per heavy atom. The maximum absolute atomic E-state index is 5.96. The molecule has 1 aliphatic heterocycles. The molecule has 3 heteroatoms. The van der Waals surface area contributed by atoms with Crippen LogP contribution in [0.25, 0.3) is 0 Å². The van der Waals surface area contributed by atoms with Crippen molar-refractivity contribution in [2.75, 3.05) is 0 Å². The van der Waals surface area contributed by atoms with Gasteiger partial charge in [-0.1, -0.05) is 20.8 Å². The summed E-state index contributed by atoms with van der Waals surface area (Å²) in [5.74, 6) is 1.03. The fourth-order valence-electron chi connectivity index (χ4n) is 1.42. The minimum atomic E-state index is -0.194. The lowest BCUT2D eigenvalue weighted by atomic mass is 9.67. The summed E-state index contributed by atoms with van der Waals surface area (Å²) in [6.07, 6.45) is 0. The van der Waals surface area contributed by atoms with E-state index in [1.165, 1.54) is 0 Å². The van der Waals surface area contributed by atoms with E-state index in [4.69, 9.17) is 9.31 Å². The van der Waals surface area contributed by atoms with Crippen LogP contribution in [0.15, 0.2) is 0 Å². The van der Waals surface area contributed by atoms with E-state index in [2.05, 4.69) is 48.5 Å². The molecule has 1 saturated heterocycles. The lowest BCUT2D eigenvalue weighted by Gasteiger charge is -2.32. The molecule has 14 heavy (non-hydrogen) atoms. The zero-order valence-electron chi connectivity index (χ0n) is 10.5. The first-order chi connectivity index (χ1) is 6.17. The normalized spacial score (nSPS) is 27.0. The van der Waals surface area contributed by atoms with Crippen LogP contribution >= 0.6 is 0 Å². The Balaban J connectivity index is 2.73. The van der Waals surface area contributed by atoms with E-state index in [1.807, 2.05) is 0 Å². The average Bonchev–Trinajstić information content (AvgIpc) is 2.20. The summed E-state index contributed by atoms with van der Waals surface area (Å²) in [6.45, 7) is 15.0. The van der Waals surface area contributed by atoms with Gasteiger partial charge in [-0.05, 0) is 39.4 Å². The van der Waals surface area contributed by atoms with Crippen molar-refractivity contribution >= 4 is 7.12 Å². The Morgan fingerprint density at radius 2 is 1.21 bits per heavy atom. The lowest BCUT2D eigenvalue weighted by Crippen LogP contribution is -2.41. The zero-order chi connectivity index (χ0) is 11.1. The summed E-state index contributed by atoms with van der Waals surface area (Å²) >= 11 is 0. The van der Waals surface area contributed by atoms with Gasteiger partial charge in [-0.3, -0.25) is 0 Å². The van der Waals surface area contributed by atoms with Crippen molar-refractivity contribution in [3.8, 4) is 0 Å². The van der Waals surface area contributed by atoms with Crippen LogP contribution in [0.1, 0.15) is 48.5 Å². The summed E-state index contributed by atoms with van der Waals surface area (Å²) in [4.78, 5) is 0. The molecule has 0 saturated carbocycles. The molecule has 1 heterocycles. The first-order valence-corrected chi connectivity index (χ1v) is 5.53. The molecule has 1 atom stereocenters. The fourth-order valence-corrected chi connectivity index (χ4v) is 1.42. The maximum atomic E-state index is 5.96. The molecule has 0 aromatic carbocycles. The van der Waals surface area contributed by atoms with Gasteiger partial charge in [-0.2, -0.15) is 0 Å². The first kappa shape index (κ1) is 12.1. The molecule has 0 aromatic rings. The van der Waals surface area contributed by atoms with E-state index in [9.17, 15) is 0 Å². The molecular weight excluding hydrogens is 175 g/mol. The smallest absolute Gasteiger partial charge is 0.403 e. The molecule has 0 unspecified atom stereocenters. The van der Waals surface area contributed by atoms with Crippen LogP contribution in [0.2, 0.25) is 5.82 Å². The van der Waals surface area contributed by atoms with Crippen molar-refractivity contribution < 1.29 is 9.31 Å². The minimum Gasteiger partial charge on any atom is -0.403 e. The van der Waals surface area contributed by atoms with Crippen molar-refractivity contribution in [1.82, 2.24) is 0 Å². The van der Waals surface area contributed by atoms with E-state index in [-0.39, 0.29) is 18.3 Å². The van der Waals surface area contributed by atoms with Crippen molar-refractivity contribution in [3.05, 3.63) is 0 Å². The Morgan fingerprint density at radius 3 is 1.50 bits per heavy atom. The summed E-state index contributed by atoms with van der Waals surface area (Å²) in [7, 11) is -0.0556. The molecule has 0 N–H and O–H groups in total. The minimum absolute atomic E-state index is 0.0556. The van der Waals surface area contributed by atoms with Gasteiger partial charge >= 0.3 is 7.12 Å².